The maximum absolute atomic E-state index is 11.8. The summed E-state index contributed by atoms with van der Waals surface area (Å²) in [6.07, 6.45) is 1.99. The summed E-state index contributed by atoms with van der Waals surface area (Å²) in [5, 5.41) is 12.9. The largest absolute Gasteiger partial charge is 0.497 e. The molecule has 0 saturated heterocycles. The Morgan fingerprint density at radius 2 is 1.70 bits per heavy atom. The van der Waals surface area contributed by atoms with Gasteiger partial charge in [0.1, 0.15) is 11.4 Å². The number of hydrogen-bond acceptors (Lipinski definition) is 3. The smallest absolute Gasteiger partial charge is 0.118 e. The molecular weight excluding hydrogens is 381 g/mol. The minimum Gasteiger partial charge on any atom is -0.497 e. The number of ether oxygens (including phenoxy) is 1. The number of aliphatic hydroxyl groups is 1. The summed E-state index contributed by atoms with van der Waals surface area (Å²) >= 11 is 12.5. The highest BCUT2D eigenvalue weighted by Crippen LogP contribution is 2.40. The average molecular weight is 408 g/mol. The second kappa shape index (κ2) is 9.11. The molecule has 2 unspecified atom stereocenters. The Balaban J connectivity index is 2.54. The van der Waals surface area contributed by atoms with Gasteiger partial charge in [0.15, 0.2) is 0 Å². The summed E-state index contributed by atoms with van der Waals surface area (Å²) in [6, 6.07) is 13.0. The van der Waals surface area contributed by atoms with E-state index in [1.54, 1.807) is 25.3 Å². The normalized spacial score (nSPS) is 15.5. The van der Waals surface area contributed by atoms with E-state index in [9.17, 15) is 5.11 Å². The zero-order valence-corrected chi connectivity index (χ0v) is 18.0. The molecule has 2 aromatic carbocycles. The summed E-state index contributed by atoms with van der Waals surface area (Å²) in [4.78, 5) is 2.06. The minimum absolute atomic E-state index is 0.0865. The fourth-order valence-electron chi connectivity index (χ4n) is 3.41. The van der Waals surface area contributed by atoms with Gasteiger partial charge in [-0.3, -0.25) is 0 Å². The number of benzene rings is 2. The van der Waals surface area contributed by atoms with Gasteiger partial charge in [0.05, 0.1) is 7.11 Å². The number of halogens is 2. The summed E-state index contributed by atoms with van der Waals surface area (Å²) in [7, 11) is 5.62. The molecule has 0 bridgehead atoms. The van der Waals surface area contributed by atoms with Crippen molar-refractivity contribution >= 4 is 29.3 Å². The van der Waals surface area contributed by atoms with Gasteiger partial charge in [0, 0.05) is 22.5 Å². The van der Waals surface area contributed by atoms with E-state index in [1.807, 2.05) is 58.3 Å². The lowest BCUT2D eigenvalue weighted by atomic mass is 9.76. The zero-order valence-electron chi connectivity index (χ0n) is 16.5. The highest BCUT2D eigenvalue weighted by Gasteiger charge is 2.38. The van der Waals surface area contributed by atoms with Crippen LogP contribution >= 0.6 is 23.2 Å². The summed E-state index contributed by atoms with van der Waals surface area (Å²) in [5.74, 6) is 0.708. The third kappa shape index (κ3) is 5.26. The van der Waals surface area contributed by atoms with Gasteiger partial charge in [0.2, 0.25) is 0 Å². The van der Waals surface area contributed by atoms with Gasteiger partial charge < -0.3 is 14.7 Å². The molecule has 2 rings (SSSR count). The topological polar surface area (TPSA) is 32.7 Å². The Hall–Kier alpha value is -1.52. The van der Waals surface area contributed by atoms with Crippen molar-refractivity contribution in [2.24, 2.45) is 5.92 Å². The van der Waals surface area contributed by atoms with Crippen molar-refractivity contribution in [3.63, 3.8) is 0 Å². The maximum atomic E-state index is 11.8. The van der Waals surface area contributed by atoms with E-state index >= 15 is 0 Å². The van der Waals surface area contributed by atoms with Crippen molar-refractivity contribution in [3.05, 3.63) is 69.2 Å². The predicted molar refractivity (Wildman–Crippen MR) is 115 cm³/mol. The van der Waals surface area contributed by atoms with Crippen LogP contribution in [0.15, 0.2) is 48.0 Å². The molecule has 0 fully saturated rings. The van der Waals surface area contributed by atoms with Crippen molar-refractivity contribution in [1.29, 1.82) is 0 Å². The first kappa shape index (κ1) is 21.8. The molecule has 0 spiro atoms. The van der Waals surface area contributed by atoms with Gasteiger partial charge >= 0.3 is 0 Å². The van der Waals surface area contributed by atoms with Gasteiger partial charge in [-0.05, 0) is 68.1 Å². The Labute approximate surface area is 172 Å². The van der Waals surface area contributed by atoms with Crippen LogP contribution in [0.25, 0.3) is 6.08 Å². The van der Waals surface area contributed by atoms with Gasteiger partial charge in [-0.1, -0.05) is 48.3 Å². The van der Waals surface area contributed by atoms with Crippen LogP contribution in [-0.2, 0) is 5.60 Å². The lowest BCUT2D eigenvalue weighted by Crippen LogP contribution is -2.40. The number of methoxy groups -OCH3 is 1. The molecule has 1 N–H and O–H groups in total. The van der Waals surface area contributed by atoms with Gasteiger partial charge in [-0.25, -0.2) is 0 Å². The molecule has 0 saturated carbocycles. The van der Waals surface area contributed by atoms with Crippen LogP contribution in [-0.4, -0.2) is 37.8 Å². The average Bonchev–Trinajstić information content (AvgIpc) is 2.60. The fourth-order valence-corrected chi connectivity index (χ4v) is 3.94. The Bertz CT molecular complexity index is 782. The first-order valence-corrected chi connectivity index (χ1v) is 9.59. The van der Waals surface area contributed by atoms with Crippen molar-refractivity contribution in [3.8, 4) is 5.75 Å². The number of rotatable bonds is 7. The molecule has 2 aromatic rings. The van der Waals surface area contributed by atoms with E-state index in [1.165, 1.54) is 0 Å². The van der Waals surface area contributed by atoms with Crippen LogP contribution in [0.2, 0.25) is 10.0 Å². The second-order valence-electron chi connectivity index (χ2n) is 7.19. The molecule has 0 radical (unpaired) electrons. The van der Waals surface area contributed by atoms with Crippen LogP contribution < -0.4 is 4.74 Å². The van der Waals surface area contributed by atoms with Gasteiger partial charge in [-0.2, -0.15) is 0 Å². The van der Waals surface area contributed by atoms with E-state index < -0.39 is 5.60 Å². The number of hydrogen-bond donors (Lipinski definition) is 1. The monoisotopic (exact) mass is 407 g/mol. The fraction of sp³-hybridized carbons (Fsp3) is 0.364. The van der Waals surface area contributed by atoms with Gasteiger partial charge in [-0.15, -0.1) is 0 Å². The van der Waals surface area contributed by atoms with Crippen LogP contribution in [0.1, 0.15) is 25.0 Å². The molecule has 0 heterocycles. The quantitative estimate of drug-likeness (QED) is 0.658. The first-order valence-electron chi connectivity index (χ1n) is 8.83. The molecule has 146 valence electrons. The molecule has 0 aliphatic heterocycles. The molecule has 0 amide bonds. The molecule has 0 aliphatic carbocycles. The third-order valence-electron chi connectivity index (χ3n) is 4.76. The van der Waals surface area contributed by atoms with E-state index in [0.717, 1.165) is 16.9 Å². The maximum Gasteiger partial charge on any atom is 0.118 e. The van der Waals surface area contributed by atoms with Crippen LogP contribution in [0, 0.1) is 5.92 Å². The lowest BCUT2D eigenvalue weighted by Gasteiger charge is -2.37. The Morgan fingerprint density at radius 3 is 2.19 bits per heavy atom. The number of nitrogens with zero attached hydrogens (tertiary/aromatic N) is 1. The molecule has 27 heavy (non-hydrogen) atoms. The first-order chi connectivity index (χ1) is 12.7. The highest BCUT2D eigenvalue weighted by atomic mass is 35.5. The predicted octanol–water partition coefficient (Wildman–Crippen LogP) is 5.49. The van der Waals surface area contributed by atoms with Crippen LogP contribution in [0.4, 0.5) is 0 Å². The lowest BCUT2D eigenvalue weighted by molar-refractivity contribution is 0.0105. The third-order valence-corrected chi connectivity index (χ3v) is 5.19. The molecule has 0 aromatic heterocycles. The summed E-state index contributed by atoms with van der Waals surface area (Å²) < 4.78 is 5.21. The zero-order chi connectivity index (χ0) is 20.2. The van der Waals surface area contributed by atoms with E-state index in [0.29, 0.717) is 22.2 Å². The highest BCUT2D eigenvalue weighted by molar-refractivity contribution is 6.34. The Morgan fingerprint density at radius 1 is 1.15 bits per heavy atom. The molecule has 2 atom stereocenters. The molecule has 5 heteroatoms. The van der Waals surface area contributed by atoms with Crippen molar-refractivity contribution in [2.45, 2.75) is 19.4 Å². The SMILES string of the molecule is COc1ccc(/C=C(/C)C(O)(c2cc(Cl)cc(Cl)c2)C(C)CN(C)C)cc1. The standard InChI is InChI=1S/C22H27Cl2NO2/c1-15(10-17-6-8-21(27-5)9-7-17)22(26,16(2)14-25(3)4)18-11-19(23)13-20(24)12-18/h6-13,16,26H,14H2,1-5H3/b15-10-. The molecule has 3 nitrogen and oxygen atoms in total. The summed E-state index contributed by atoms with van der Waals surface area (Å²) in [6.45, 7) is 4.67. The molecular formula is C22H27Cl2NO2. The Kier molecular flexibility index (Phi) is 7.35. The van der Waals surface area contributed by atoms with Crippen molar-refractivity contribution < 1.29 is 9.84 Å². The van der Waals surface area contributed by atoms with Crippen molar-refractivity contribution in [1.82, 2.24) is 4.90 Å². The molecule has 0 aliphatic rings. The van der Waals surface area contributed by atoms with Crippen LogP contribution in [0.5, 0.6) is 5.75 Å². The minimum atomic E-state index is -1.21. The van der Waals surface area contributed by atoms with E-state index in [-0.39, 0.29) is 5.92 Å². The van der Waals surface area contributed by atoms with E-state index in [2.05, 4.69) is 4.90 Å². The van der Waals surface area contributed by atoms with E-state index in [4.69, 9.17) is 27.9 Å². The van der Waals surface area contributed by atoms with Crippen LogP contribution in [0.3, 0.4) is 0 Å². The summed E-state index contributed by atoms with van der Waals surface area (Å²) in [5.41, 5.74) is 1.28. The van der Waals surface area contributed by atoms with Crippen molar-refractivity contribution in [2.75, 3.05) is 27.7 Å². The second-order valence-corrected chi connectivity index (χ2v) is 8.06. The van der Waals surface area contributed by atoms with Gasteiger partial charge in [0.25, 0.3) is 0 Å².